The van der Waals surface area contributed by atoms with E-state index in [1.54, 1.807) is 4.68 Å². The standard InChI is InChI=1S/C12H15N3O/c1-9-5-3-4-6-11(9)15-8-10(7-13-2)12(16)14-15/h3-6,8,13H,7H2,1-2H3,(H,14,16). The second kappa shape index (κ2) is 4.37. The van der Waals surface area contributed by atoms with Crippen LogP contribution in [0.4, 0.5) is 0 Å². The van der Waals surface area contributed by atoms with Gasteiger partial charge in [-0.2, -0.15) is 0 Å². The Kier molecular flexibility index (Phi) is 2.92. The van der Waals surface area contributed by atoms with Crippen molar-refractivity contribution in [1.29, 1.82) is 0 Å². The van der Waals surface area contributed by atoms with E-state index in [1.165, 1.54) is 0 Å². The Morgan fingerprint density at radius 3 is 2.81 bits per heavy atom. The third-order valence-corrected chi connectivity index (χ3v) is 2.54. The summed E-state index contributed by atoms with van der Waals surface area (Å²) in [5.74, 6) is 0. The van der Waals surface area contributed by atoms with Gasteiger partial charge in [0.05, 0.1) is 11.3 Å². The smallest absolute Gasteiger partial charge is 0.268 e. The van der Waals surface area contributed by atoms with Crippen molar-refractivity contribution in [3.05, 3.63) is 51.9 Å². The van der Waals surface area contributed by atoms with Crippen molar-refractivity contribution in [2.45, 2.75) is 13.5 Å². The molecule has 0 radical (unpaired) electrons. The predicted octanol–water partition coefficient (Wildman–Crippen LogP) is 1.19. The molecule has 1 aromatic heterocycles. The van der Waals surface area contributed by atoms with E-state index in [1.807, 2.05) is 44.4 Å². The summed E-state index contributed by atoms with van der Waals surface area (Å²) >= 11 is 0. The largest absolute Gasteiger partial charge is 0.315 e. The van der Waals surface area contributed by atoms with Gasteiger partial charge in [0, 0.05) is 12.7 Å². The molecule has 0 fully saturated rings. The summed E-state index contributed by atoms with van der Waals surface area (Å²) in [7, 11) is 1.82. The summed E-state index contributed by atoms with van der Waals surface area (Å²) in [6.45, 7) is 2.60. The first-order chi connectivity index (χ1) is 7.72. The number of nitrogens with one attached hydrogen (secondary N) is 2. The molecule has 4 heteroatoms. The Bertz CT molecular complexity index is 539. The Labute approximate surface area is 93.9 Å². The van der Waals surface area contributed by atoms with Gasteiger partial charge in [-0.3, -0.25) is 14.6 Å². The molecule has 0 amide bonds. The van der Waals surface area contributed by atoms with Crippen LogP contribution in [0.3, 0.4) is 0 Å². The minimum Gasteiger partial charge on any atom is -0.315 e. The molecule has 0 saturated heterocycles. The quantitative estimate of drug-likeness (QED) is 0.811. The van der Waals surface area contributed by atoms with Crippen LogP contribution in [0.25, 0.3) is 5.69 Å². The summed E-state index contributed by atoms with van der Waals surface area (Å²) in [4.78, 5) is 11.6. The number of benzene rings is 1. The van der Waals surface area contributed by atoms with Gasteiger partial charge in [0.15, 0.2) is 0 Å². The number of aromatic nitrogens is 2. The molecule has 0 aliphatic rings. The highest BCUT2D eigenvalue weighted by Crippen LogP contribution is 2.11. The maximum Gasteiger partial charge on any atom is 0.268 e. The van der Waals surface area contributed by atoms with Crippen molar-refractivity contribution in [3.8, 4) is 5.69 Å². The highest BCUT2D eigenvalue weighted by atomic mass is 16.1. The van der Waals surface area contributed by atoms with Crippen LogP contribution < -0.4 is 10.9 Å². The number of rotatable bonds is 3. The summed E-state index contributed by atoms with van der Waals surface area (Å²) < 4.78 is 1.77. The van der Waals surface area contributed by atoms with Crippen molar-refractivity contribution in [1.82, 2.24) is 15.1 Å². The molecule has 0 unspecified atom stereocenters. The van der Waals surface area contributed by atoms with Gasteiger partial charge >= 0.3 is 0 Å². The molecule has 0 aliphatic carbocycles. The first-order valence-electron chi connectivity index (χ1n) is 5.23. The average Bonchev–Trinajstić information content (AvgIpc) is 2.61. The van der Waals surface area contributed by atoms with Gasteiger partial charge in [0.25, 0.3) is 5.56 Å². The molecule has 4 nitrogen and oxygen atoms in total. The Hall–Kier alpha value is -1.81. The summed E-state index contributed by atoms with van der Waals surface area (Å²) in [5, 5.41) is 5.78. The van der Waals surface area contributed by atoms with Gasteiger partial charge in [-0.25, -0.2) is 0 Å². The third-order valence-electron chi connectivity index (χ3n) is 2.54. The fraction of sp³-hybridized carbons (Fsp3) is 0.250. The van der Waals surface area contributed by atoms with Crippen LogP contribution in [-0.2, 0) is 6.54 Å². The summed E-state index contributed by atoms with van der Waals surface area (Å²) in [5.41, 5.74) is 2.83. The van der Waals surface area contributed by atoms with Crippen LogP contribution in [0.1, 0.15) is 11.1 Å². The molecule has 1 heterocycles. The number of hydrogen-bond donors (Lipinski definition) is 2. The first kappa shape index (κ1) is 10.7. The van der Waals surface area contributed by atoms with Gasteiger partial charge < -0.3 is 5.32 Å². The minimum absolute atomic E-state index is 0.0439. The van der Waals surface area contributed by atoms with E-state index in [9.17, 15) is 4.79 Å². The van der Waals surface area contributed by atoms with E-state index in [2.05, 4.69) is 10.4 Å². The van der Waals surface area contributed by atoms with E-state index < -0.39 is 0 Å². The van der Waals surface area contributed by atoms with Crippen LogP contribution in [0.15, 0.2) is 35.3 Å². The zero-order chi connectivity index (χ0) is 11.5. The molecule has 0 spiro atoms. The van der Waals surface area contributed by atoms with Gasteiger partial charge in [0.2, 0.25) is 0 Å². The van der Waals surface area contributed by atoms with Crippen molar-refractivity contribution >= 4 is 0 Å². The second-order valence-electron chi connectivity index (χ2n) is 3.78. The average molecular weight is 217 g/mol. The molecule has 16 heavy (non-hydrogen) atoms. The number of nitrogens with zero attached hydrogens (tertiary/aromatic N) is 1. The fourth-order valence-electron chi connectivity index (χ4n) is 1.71. The molecule has 0 bridgehead atoms. The normalized spacial score (nSPS) is 10.6. The van der Waals surface area contributed by atoms with Crippen molar-refractivity contribution in [2.24, 2.45) is 0 Å². The SMILES string of the molecule is CNCc1cn(-c2ccccc2C)[nH]c1=O. The van der Waals surface area contributed by atoms with Crippen LogP contribution in [0.5, 0.6) is 0 Å². The molecule has 2 aromatic rings. The predicted molar refractivity (Wildman–Crippen MR) is 63.9 cm³/mol. The maximum atomic E-state index is 11.6. The Balaban J connectivity index is 2.46. The molecule has 0 saturated carbocycles. The lowest BCUT2D eigenvalue weighted by Crippen LogP contribution is -2.13. The lowest BCUT2D eigenvalue weighted by molar-refractivity contribution is 0.812. The van der Waals surface area contributed by atoms with E-state index in [4.69, 9.17) is 0 Å². The first-order valence-corrected chi connectivity index (χ1v) is 5.23. The zero-order valence-electron chi connectivity index (χ0n) is 9.45. The molecular weight excluding hydrogens is 202 g/mol. The Morgan fingerprint density at radius 2 is 2.12 bits per heavy atom. The molecule has 0 atom stereocenters. The second-order valence-corrected chi connectivity index (χ2v) is 3.78. The monoisotopic (exact) mass is 217 g/mol. The van der Waals surface area contributed by atoms with Gasteiger partial charge in [-0.1, -0.05) is 18.2 Å². The highest BCUT2D eigenvalue weighted by molar-refractivity contribution is 5.39. The van der Waals surface area contributed by atoms with Gasteiger partial charge in [-0.15, -0.1) is 0 Å². The van der Waals surface area contributed by atoms with E-state index in [0.29, 0.717) is 6.54 Å². The van der Waals surface area contributed by atoms with Gasteiger partial charge in [-0.05, 0) is 25.6 Å². The lowest BCUT2D eigenvalue weighted by Gasteiger charge is -2.05. The topological polar surface area (TPSA) is 49.8 Å². The van der Waals surface area contributed by atoms with Crippen LogP contribution >= 0.6 is 0 Å². The summed E-state index contributed by atoms with van der Waals surface area (Å²) in [6.07, 6.45) is 1.83. The highest BCUT2D eigenvalue weighted by Gasteiger charge is 2.05. The van der Waals surface area contributed by atoms with Gasteiger partial charge in [0.1, 0.15) is 0 Å². The maximum absolute atomic E-state index is 11.6. The van der Waals surface area contributed by atoms with Crippen LogP contribution in [0, 0.1) is 6.92 Å². The zero-order valence-corrected chi connectivity index (χ0v) is 9.45. The Morgan fingerprint density at radius 1 is 1.38 bits per heavy atom. The van der Waals surface area contributed by atoms with Crippen LogP contribution in [0.2, 0.25) is 0 Å². The number of aryl methyl sites for hydroxylation is 1. The molecular formula is C12H15N3O. The number of para-hydroxylation sites is 1. The molecule has 0 aliphatic heterocycles. The summed E-state index contributed by atoms with van der Waals surface area (Å²) in [6, 6.07) is 7.94. The number of hydrogen-bond acceptors (Lipinski definition) is 2. The van der Waals surface area contributed by atoms with Crippen molar-refractivity contribution in [3.63, 3.8) is 0 Å². The van der Waals surface area contributed by atoms with Crippen molar-refractivity contribution in [2.75, 3.05) is 7.05 Å². The minimum atomic E-state index is -0.0439. The van der Waals surface area contributed by atoms with E-state index in [-0.39, 0.29) is 5.56 Å². The number of H-pyrrole nitrogens is 1. The molecule has 1 aromatic carbocycles. The lowest BCUT2D eigenvalue weighted by atomic mass is 10.2. The molecule has 2 N–H and O–H groups in total. The number of aromatic amines is 1. The third kappa shape index (κ3) is 1.92. The fourth-order valence-corrected chi connectivity index (χ4v) is 1.71. The molecule has 84 valence electrons. The van der Waals surface area contributed by atoms with Crippen molar-refractivity contribution < 1.29 is 0 Å². The molecule has 2 rings (SSSR count). The van der Waals surface area contributed by atoms with Crippen LogP contribution in [-0.4, -0.2) is 16.8 Å². The van der Waals surface area contributed by atoms with E-state index in [0.717, 1.165) is 16.8 Å². The van der Waals surface area contributed by atoms with E-state index >= 15 is 0 Å².